The number of fused-ring (bicyclic) bond motifs is 1. The molecule has 1 fully saturated rings. The Morgan fingerprint density at radius 1 is 0.947 bits per heavy atom. The SMILES string of the molecule is Cn1cc(-c2ccc3c(-c4cc(NC(=O)N5CCC(O)C5)cc(-c5ccc(F)cc5F)c4)cnn3c2)cn1. The van der Waals surface area contributed by atoms with Crippen LogP contribution in [0.5, 0.6) is 0 Å². The Labute approximate surface area is 216 Å². The van der Waals surface area contributed by atoms with Crippen molar-refractivity contribution in [3.8, 4) is 33.4 Å². The van der Waals surface area contributed by atoms with Gasteiger partial charge in [0.05, 0.1) is 24.0 Å². The Morgan fingerprint density at radius 2 is 1.76 bits per heavy atom. The largest absolute Gasteiger partial charge is 0.391 e. The number of aryl methyl sites for hydroxylation is 1. The van der Waals surface area contributed by atoms with Crippen LogP contribution >= 0.6 is 0 Å². The number of carbonyl (C=O) groups excluding carboxylic acids is 1. The highest BCUT2D eigenvalue weighted by Gasteiger charge is 2.25. The number of halogens is 2. The van der Waals surface area contributed by atoms with E-state index in [2.05, 4.69) is 15.5 Å². The second kappa shape index (κ2) is 9.38. The first-order valence-corrected chi connectivity index (χ1v) is 12.2. The first kappa shape index (κ1) is 23.8. The maximum atomic E-state index is 14.8. The summed E-state index contributed by atoms with van der Waals surface area (Å²) in [6.45, 7) is 0.692. The van der Waals surface area contributed by atoms with Crippen LogP contribution < -0.4 is 5.32 Å². The van der Waals surface area contributed by atoms with Crippen LogP contribution in [0, 0.1) is 11.6 Å². The number of nitrogens with one attached hydrogen (secondary N) is 1. The van der Waals surface area contributed by atoms with Crippen LogP contribution in [0.2, 0.25) is 0 Å². The Balaban J connectivity index is 1.42. The van der Waals surface area contributed by atoms with E-state index in [9.17, 15) is 18.7 Å². The predicted octanol–water partition coefficient (Wildman–Crippen LogP) is 4.95. The minimum atomic E-state index is -0.705. The number of rotatable bonds is 4. The third kappa shape index (κ3) is 4.50. The van der Waals surface area contributed by atoms with Crippen molar-refractivity contribution in [1.82, 2.24) is 24.3 Å². The first-order chi connectivity index (χ1) is 18.3. The monoisotopic (exact) mass is 514 g/mol. The second-order valence-electron chi connectivity index (χ2n) is 9.45. The number of urea groups is 1. The number of carbonyl (C=O) groups is 1. The van der Waals surface area contributed by atoms with E-state index in [4.69, 9.17) is 0 Å². The number of hydrogen-bond acceptors (Lipinski definition) is 4. The van der Waals surface area contributed by atoms with Gasteiger partial charge in [0, 0.05) is 66.5 Å². The number of β-amino-alcohol motifs (C(OH)–C–C–N with tert-alkyl or cyclic N) is 1. The molecule has 0 aliphatic carbocycles. The molecule has 10 heteroatoms. The summed E-state index contributed by atoms with van der Waals surface area (Å²) in [6.07, 6.45) is 7.28. The van der Waals surface area contributed by atoms with Crippen LogP contribution in [0.3, 0.4) is 0 Å². The van der Waals surface area contributed by atoms with Gasteiger partial charge in [0.1, 0.15) is 11.6 Å². The molecule has 4 heterocycles. The number of benzene rings is 2. The number of pyridine rings is 1. The van der Waals surface area contributed by atoms with Crippen LogP contribution in [-0.2, 0) is 7.05 Å². The third-order valence-corrected chi connectivity index (χ3v) is 6.74. The summed E-state index contributed by atoms with van der Waals surface area (Å²) < 4.78 is 31.9. The summed E-state index contributed by atoms with van der Waals surface area (Å²) in [7, 11) is 1.85. The van der Waals surface area contributed by atoms with Gasteiger partial charge in [-0.1, -0.05) is 6.07 Å². The molecule has 1 unspecified atom stereocenters. The molecule has 192 valence electrons. The molecule has 0 bridgehead atoms. The van der Waals surface area contributed by atoms with Crippen molar-refractivity contribution >= 4 is 17.2 Å². The summed E-state index contributed by atoms with van der Waals surface area (Å²) in [5.74, 6) is -1.38. The van der Waals surface area contributed by atoms with E-state index in [0.29, 0.717) is 29.8 Å². The molecule has 0 saturated carbocycles. The van der Waals surface area contributed by atoms with E-state index >= 15 is 0 Å². The summed E-state index contributed by atoms with van der Waals surface area (Å²) >= 11 is 0. The number of amides is 2. The average Bonchev–Trinajstić information content (AvgIpc) is 3.63. The van der Waals surface area contributed by atoms with Gasteiger partial charge >= 0.3 is 6.03 Å². The van der Waals surface area contributed by atoms with Gasteiger partial charge in [0.15, 0.2) is 0 Å². The fraction of sp³-hybridized carbons (Fsp3) is 0.179. The summed E-state index contributed by atoms with van der Waals surface area (Å²) in [6, 6.07) is 12.2. The van der Waals surface area contributed by atoms with Crippen molar-refractivity contribution < 1.29 is 18.7 Å². The fourth-order valence-corrected chi connectivity index (χ4v) is 4.81. The maximum Gasteiger partial charge on any atom is 0.321 e. The number of hydrogen-bond donors (Lipinski definition) is 2. The number of aliphatic hydroxyl groups is 1. The molecule has 1 aliphatic rings. The lowest BCUT2D eigenvalue weighted by molar-refractivity contribution is 0.176. The van der Waals surface area contributed by atoms with Crippen molar-refractivity contribution in [3.05, 3.63) is 85.0 Å². The second-order valence-corrected chi connectivity index (χ2v) is 9.45. The lowest BCUT2D eigenvalue weighted by Crippen LogP contribution is -2.33. The highest BCUT2D eigenvalue weighted by Crippen LogP contribution is 2.34. The molecule has 5 aromatic rings. The van der Waals surface area contributed by atoms with E-state index in [-0.39, 0.29) is 18.1 Å². The zero-order valence-corrected chi connectivity index (χ0v) is 20.5. The molecule has 3 aromatic heterocycles. The van der Waals surface area contributed by atoms with Crippen molar-refractivity contribution in [1.29, 1.82) is 0 Å². The minimum Gasteiger partial charge on any atom is -0.391 e. The molecule has 0 radical (unpaired) electrons. The molecule has 6 rings (SSSR count). The molecule has 1 atom stereocenters. The van der Waals surface area contributed by atoms with Crippen LogP contribution in [0.4, 0.5) is 19.3 Å². The molecular weight excluding hydrogens is 490 g/mol. The molecular formula is C28H24F2N6O2. The van der Waals surface area contributed by atoms with Gasteiger partial charge < -0.3 is 15.3 Å². The van der Waals surface area contributed by atoms with Gasteiger partial charge in [-0.3, -0.25) is 4.68 Å². The zero-order chi connectivity index (χ0) is 26.4. The average molecular weight is 515 g/mol. The third-order valence-electron chi connectivity index (χ3n) is 6.74. The van der Waals surface area contributed by atoms with Gasteiger partial charge in [-0.05, 0) is 53.9 Å². The van der Waals surface area contributed by atoms with E-state index < -0.39 is 17.7 Å². The lowest BCUT2D eigenvalue weighted by atomic mass is 9.98. The van der Waals surface area contributed by atoms with E-state index in [1.807, 2.05) is 31.6 Å². The van der Waals surface area contributed by atoms with Gasteiger partial charge in [-0.2, -0.15) is 10.2 Å². The van der Waals surface area contributed by atoms with Crippen molar-refractivity contribution in [2.75, 3.05) is 18.4 Å². The van der Waals surface area contributed by atoms with Gasteiger partial charge in [0.25, 0.3) is 0 Å². The van der Waals surface area contributed by atoms with Crippen molar-refractivity contribution in [3.63, 3.8) is 0 Å². The predicted molar refractivity (Wildman–Crippen MR) is 139 cm³/mol. The minimum absolute atomic E-state index is 0.204. The fourth-order valence-electron chi connectivity index (χ4n) is 4.81. The Hall–Kier alpha value is -4.57. The quantitative estimate of drug-likeness (QED) is 0.356. The van der Waals surface area contributed by atoms with Crippen LogP contribution in [-0.4, -0.2) is 54.6 Å². The molecule has 2 N–H and O–H groups in total. The molecule has 2 amide bonds. The first-order valence-electron chi connectivity index (χ1n) is 12.2. The maximum absolute atomic E-state index is 14.8. The van der Waals surface area contributed by atoms with Crippen LogP contribution in [0.15, 0.2) is 73.3 Å². The lowest BCUT2D eigenvalue weighted by Gasteiger charge is -2.18. The number of aliphatic hydroxyl groups excluding tert-OH is 1. The summed E-state index contributed by atoms with van der Waals surface area (Å²) in [5, 5.41) is 21.4. The highest BCUT2D eigenvalue weighted by atomic mass is 19.1. The van der Waals surface area contributed by atoms with Crippen LogP contribution in [0.1, 0.15) is 6.42 Å². The molecule has 1 aliphatic heterocycles. The van der Waals surface area contributed by atoms with E-state index in [0.717, 1.165) is 28.3 Å². The molecule has 0 spiro atoms. The molecule has 1 saturated heterocycles. The molecule has 38 heavy (non-hydrogen) atoms. The number of likely N-dealkylation sites (tertiary alicyclic amines) is 1. The highest BCUT2D eigenvalue weighted by molar-refractivity contribution is 5.93. The standard InChI is InChI=1S/C28H24F2N6O2/c1-34-14-20(12-31-34)17-2-5-27-25(13-32-36(27)15-17)19-8-18(24-4-3-21(29)11-26(24)30)9-22(10-19)33-28(38)35-7-6-23(37)16-35/h2-5,8-15,23,37H,6-7,16H2,1H3,(H,33,38). The van der Waals surface area contributed by atoms with Crippen molar-refractivity contribution in [2.45, 2.75) is 12.5 Å². The summed E-state index contributed by atoms with van der Waals surface area (Å²) in [4.78, 5) is 14.4. The molecule has 2 aromatic carbocycles. The Morgan fingerprint density at radius 3 is 2.47 bits per heavy atom. The molecule has 8 nitrogen and oxygen atoms in total. The van der Waals surface area contributed by atoms with Crippen LogP contribution in [0.25, 0.3) is 38.9 Å². The summed E-state index contributed by atoms with van der Waals surface area (Å²) in [5.41, 5.74) is 5.32. The van der Waals surface area contributed by atoms with Gasteiger partial charge in [-0.15, -0.1) is 0 Å². The van der Waals surface area contributed by atoms with E-state index in [1.165, 1.54) is 17.0 Å². The number of aromatic nitrogens is 4. The Bertz CT molecular complexity index is 1680. The Kier molecular flexibility index (Phi) is 5.88. The topological polar surface area (TPSA) is 87.7 Å². The number of nitrogens with zero attached hydrogens (tertiary/aromatic N) is 5. The van der Waals surface area contributed by atoms with E-state index in [1.54, 1.807) is 39.8 Å². The van der Waals surface area contributed by atoms with Gasteiger partial charge in [0.2, 0.25) is 0 Å². The smallest absolute Gasteiger partial charge is 0.321 e. The normalized spacial score (nSPS) is 15.4. The van der Waals surface area contributed by atoms with Crippen molar-refractivity contribution in [2.24, 2.45) is 7.05 Å². The van der Waals surface area contributed by atoms with Gasteiger partial charge in [-0.25, -0.2) is 18.1 Å². The zero-order valence-electron chi connectivity index (χ0n) is 20.5. The number of anilines is 1.